The van der Waals surface area contributed by atoms with E-state index >= 15 is 0 Å². The molecule has 1 aliphatic rings. The fraction of sp³-hybridized carbons (Fsp3) is 0.150. The topological polar surface area (TPSA) is 91.2 Å². The van der Waals surface area contributed by atoms with Crippen molar-refractivity contribution in [3.63, 3.8) is 0 Å². The molecule has 0 saturated heterocycles. The number of thiazole rings is 1. The van der Waals surface area contributed by atoms with Crippen molar-refractivity contribution < 1.29 is 14.0 Å². The van der Waals surface area contributed by atoms with Crippen molar-refractivity contribution in [1.29, 1.82) is 0 Å². The number of aromatic nitrogens is 2. The Morgan fingerprint density at radius 2 is 2.14 bits per heavy atom. The molecule has 28 heavy (non-hydrogen) atoms. The minimum atomic E-state index is -0.257. The Balaban J connectivity index is 1.32. The minimum absolute atomic E-state index is 0.00568. The lowest BCUT2D eigenvalue weighted by atomic mass is 10.1. The molecular weight excluding hydrogens is 376 g/mol. The van der Waals surface area contributed by atoms with Gasteiger partial charge in [-0.2, -0.15) is 0 Å². The van der Waals surface area contributed by atoms with Gasteiger partial charge < -0.3 is 14.3 Å². The number of carbonyl (C=O) groups excluding carboxylic acids is 2. The number of fused-ring (bicyclic) bond motifs is 2. The quantitative estimate of drug-likeness (QED) is 0.557. The number of anilines is 1. The molecule has 1 aromatic carbocycles. The van der Waals surface area contributed by atoms with Gasteiger partial charge in [-0.05, 0) is 30.3 Å². The lowest BCUT2D eigenvalue weighted by Gasteiger charge is -2.26. The summed E-state index contributed by atoms with van der Waals surface area (Å²) >= 11 is 1.41. The van der Waals surface area contributed by atoms with Crippen LogP contribution in [0.4, 0.5) is 5.13 Å². The highest BCUT2D eigenvalue weighted by Gasteiger charge is 2.25. The number of nitrogens with one attached hydrogen (secondary N) is 2. The van der Waals surface area contributed by atoms with E-state index < -0.39 is 0 Å². The summed E-state index contributed by atoms with van der Waals surface area (Å²) < 4.78 is 4.93. The van der Waals surface area contributed by atoms with Crippen molar-refractivity contribution in [3.05, 3.63) is 70.8 Å². The summed E-state index contributed by atoms with van der Waals surface area (Å²) in [5.74, 6) is -0.251. The number of furan rings is 1. The van der Waals surface area contributed by atoms with Crippen LogP contribution in [0.3, 0.4) is 0 Å². The molecule has 3 aromatic heterocycles. The van der Waals surface area contributed by atoms with E-state index in [4.69, 9.17) is 4.42 Å². The first-order chi connectivity index (χ1) is 13.7. The maximum absolute atomic E-state index is 12.9. The van der Waals surface area contributed by atoms with Crippen molar-refractivity contribution in [1.82, 2.24) is 14.9 Å². The zero-order valence-corrected chi connectivity index (χ0v) is 15.6. The van der Waals surface area contributed by atoms with E-state index in [9.17, 15) is 9.59 Å². The fourth-order valence-electron chi connectivity index (χ4n) is 3.35. The maximum Gasteiger partial charge on any atom is 0.260 e. The van der Waals surface area contributed by atoms with E-state index in [1.165, 1.54) is 23.9 Å². The number of aromatic amines is 1. The summed E-state index contributed by atoms with van der Waals surface area (Å²) in [5.41, 5.74) is 3.08. The molecule has 140 valence electrons. The Labute approximate surface area is 164 Å². The first-order valence-electron chi connectivity index (χ1n) is 8.86. The second-order valence-electron chi connectivity index (χ2n) is 6.61. The van der Waals surface area contributed by atoms with Gasteiger partial charge in [-0.25, -0.2) is 4.98 Å². The highest BCUT2D eigenvalue weighted by atomic mass is 32.1. The Bertz CT molecular complexity index is 1180. The number of benzene rings is 1. The van der Waals surface area contributed by atoms with E-state index in [1.54, 1.807) is 6.07 Å². The molecule has 2 amide bonds. The van der Waals surface area contributed by atoms with Gasteiger partial charge in [0.1, 0.15) is 6.26 Å². The molecule has 4 heterocycles. The Hall–Kier alpha value is -3.39. The van der Waals surface area contributed by atoms with Crippen LogP contribution in [0.15, 0.2) is 53.5 Å². The van der Waals surface area contributed by atoms with Crippen LogP contribution in [-0.4, -0.2) is 33.2 Å². The molecule has 8 heteroatoms. The van der Waals surface area contributed by atoms with Gasteiger partial charge in [0.2, 0.25) is 0 Å². The first kappa shape index (κ1) is 16.8. The number of H-pyrrole nitrogens is 1. The van der Waals surface area contributed by atoms with E-state index in [1.807, 2.05) is 35.4 Å². The standard InChI is InChI=1S/C20H16N4O3S/c25-18(14-5-8-27-11-14)23-20-22-16-4-7-24(10-17(16)28-20)19(26)13-1-2-15-12(9-13)3-6-21-15/h1-3,5-6,8-9,11,21H,4,7,10H2,(H,22,23,25). The van der Waals surface area contributed by atoms with Gasteiger partial charge in [-0.15, -0.1) is 0 Å². The van der Waals surface area contributed by atoms with Crippen molar-refractivity contribution >= 4 is 39.2 Å². The monoisotopic (exact) mass is 392 g/mol. The molecular formula is C20H16N4O3S. The molecule has 0 radical (unpaired) electrons. The van der Waals surface area contributed by atoms with Crippen LogP contribution < -0.4 is 5.32 Å². The molecule has 0 fully saturated rings. The molecule has 2 N–H and O–H groups in total. The highest BCUT2D eigenvalue weighted by Crippen LogP contribution is 2.29. The predicted molar refractivity (Wildman–Crippen MR) is 106 cm³/mol. The average Bonchev–Trinajstić information content (AvgIpc) is 3.45. The van der Waals surface area contributed by atoms with Gasteiger partial charge in [0, 0.05) is 40.5 Å². The predicted octanol–water partition coefficient (Wildman–Crippen LogP) is 3.67. The van der Waals surface area contributed by atoms with E-state index in [0.29, 0.717) is 35.8 Å². The molecule has 1 aliphatic heterocycles. The van der Waals surface area contributed by atoms with Crippen LogP contribution in [0.1, 0.15) is 31.3 Å². The van der Waals surface area contributed by atoms with Crippen LogP contribution in [0.25, 0.3) is 10.9 Å². The molecule has 5 rings (SSSR count). The lowest BCUT2D eigenvalue weighted by molar-refractivity contribution is 0.0736. The SMILES string of the molecule is O=C(Nc1nc2c(s1)CN(C(=O)c1ccc3[nH]ccc3c1)CC2)c1ccoc1. The molecule has 0 spiro atoms. The molecule has 0 aliphatic carbocycles. The van der Waals surface area contributed by atoms with Crippen LogP contribution in [0.2, 0.25) is 0 Å². The van der Waals surface area contributed by atoms with Crippen LogP contribution in [0, 0.1) is 0 Å². The number of hydrogen-bond acceptors (Lipinski definition) is 5. The molecule has 0 unspecified atom stereocenters. The number of carbonyl (C=O) groups is 2. The molecule has 4 aromatic rings. The van der Waals surface area contributed by atoms with E-state index in [0.717, 1.165) is 21.5 Å². The number of hydrogen-bond donors (Lipinski definition) is 2. The Morgan fingerprint density at radius 3 is 3.00 bits per heavy atom. The third kappa shape index (κ3) is 2.97. The van der Waals surface area contributed by atoms with Gasteiger partial charge in [0.05, 0.1) is 24.1 Å². The van der Waals surface area contributed by atoms with Gasteiger partial charge in [0.15, 0.2) is 5.13 Å². The number of amides is 2. The zero-order valence-electron chi connectivity index (χ0n) is 14.8. The van der Waals surface area contributed by atoms with Crippen molar-refractivity contribution in [3.8, 4) is 0 Å². The van der Waals surface area contributed by atoms with Crippen molar-refractivity contribution in [2.75, 3.05) is 11.9 Å². The van der Waals surface area contributed by atoms with Crippen molar-refractivity contribution in [2.24, 2.45) is 0 Å². The van der Waals surface area contributed by atoms with Gasteiger partial charge in [-0.1, -0.05) is 11.3 Å². The minimum Gasteiger partial charge on any atom is -0.472 e. The van der Waals surface area contributed by atoms with Crippen LogP contribution in [0.5, 0.6) is 0 Å². The van der Waals surface area contributed by atoms with Gasteiger partial charge in [0.25, 0.3) is 11.8 Å². The molecule has 7 nitrogen and oxygen atoms in total. The fourth-order valence-corrected chi connectivity index (χ4v) is 4.37. The summed E-state index contributed by atoms with van der Waals surface area (Å²) in [6, 6.07) is 9.24. The summed E-state index contributed by atoms with van der Waals surface area (Å²) in [7, 11) is 0. The largest absolute Gasteiger partial charge is 0.472 e. The van der Waals surface area contributed by atoms with E-state index in [-0.39, 0.29) is 11.8 Å². The number of nitrogens with zero attached hydrogens (tertiary/aromatic N) is 2. The van der Waals surface area contributed by atoms with Crippen LogP contribution >= 0.6 is 11.3 Å². The Morgan fingerprint density at radius 1 is 1.21 bits per heavy atom. The van der Waals surface area contributed by atoms with Gasteiger partial charge >= 0.3 is 0 Å². The third-order valence-corrected chi connectivity index (χ3v) is 5.82. The average molecular weight is 392 g/mol. The second-order valence-corrected chi connectivity index (χ2v) is 7.70. The first-order valence-corrected chi connectivity index (χ1v) is 9.67. The summed E-state index contributed by atoms with van der Waals surface area (Å²) in [5, 5.41) is 4.36. The molecule has 0 saturated carbocycles. The lowest BCUT2D eigenvalue weighted by Crippen LogP contribution is -2.35. The van der Waals surface area contributed by atoms with Crippen LogP contribution in [-0.2, 0) is 13.0 Å². The normalized spacial score (nSPS) is 13.5. The van der Waals surface area contributed by atoms with Crippen molar-refractivity contribution in [2.45, 2.75) is 13.0 Å². The molecule has 0 bridgehead atoms. The number of rotatable bonds is 3. The third-order valence-electron chi connectivity index (χ3n) is 4.82. The summed E-state index contributed by atoms with van der Waals surface area (Å²) in [6.45, 7) is 1.11. The smallest absolute Gasteiger partial charge is 0.260 e. The second kappa shape index (κ2) is 6.65. The molecule has 0 atom stereocenters. The highest BCUT2D eigenvalue weighted by molar-refractivity contribution is 7.15. The van der Waals surface area contributed by atoms with E-state index in [2.05, 4.69) is 15.3 Å². The zero-order chi connectivity index (χ0) is 19.1. The van der Waals surface area contributed by atoms with Gasteiger partial charge in [-0.3, -0.25) is 14.9 Å². The Kier molecular flexibility index (Phi) is 3.98. The summed E-state index contributed by atoms with van der Waals surface area (Å²) in [4.78, 5) is 35.6. The maximum atomic E-state index is 12.9. The summed E-state index contributed by atoms with van der Waals surface area (Å²) in [6.07, 6.45) is 5.38.